The van der Waals surface area contributed by atoms with Crippen molar-refractivity contribution in [3.63, 3.8) is 0 Å². The molecule has 2 saturated heterocycles. The van der Waals surface area contributed by atoms with Gasteiger partial charge in [0.05, 0.1) is 13.5 Å². The average molecular weight is 464 g/mol. The third-order valence-corrected chi connectivity index (χ3v) is 7.13. The molecule has 0 aromatic heterocycles. The van der Waals surface area contributed by atoms with Gasteiger partial charge in [0.25, 0.3) is 0 Å². The summed E-state index contributed by atoms with van der Waals surface area (Å²) in [5, 5.41) is 0. The van der Waals surface area contributed by atoms with E-state index >= 15 is 0 Å². The third kappa shape index (κ3) is 4.91. The first kappa shape index (κ1) is 22.9. The normalized spacial score (nSPS) is 17.0. The van der Waals surface area contributed by atoms with Crippen LogP contribution in [0.1, 0.15) is 25.7 Å². The molecule has 3 aromatic rings. The SMILES string of the molecule is [B](OCN1CCCC1)c1cccc2c1-c1ccc(Oc3ccccc3)c([B]OCN3CCCC3)c1-2. The van der Waals surface area contributed by atoms with E-state index in [1.165, 1.54) is 47.9 Å². The summed E-state index contributed by atoms with van der Waals surface area (Å²) in [6.07, 6.45) is 5.03. The zero-order valence-corrected chi connectivity index (χ0v) is 20.1. The molecule has 176 valence electrons. The zero-order valence-electron chi connectivity index (χ0n) is 20.1. The summed E-state index contributed by atoms with van der Waals surface area (Å²) in [5.41, 5.74) is 6.97. The Kier molecular flexibility index (Phi) is 6.92. The Balaban J connectivity index is 1.24. The summed E-state index contributed by atoms with van der Waals surface area (Å²) in [5.74, 6) is 1.63. The van der Waals surface area contributed by atoms with Crippen LogP contribution in [0.25, 0.3) is 22.3 Å². The number of hydrogen-bond acceptors (Lipinski definition) is 5. The van der Waals surface area contributed by atoms with Crippen LogP contribution in [0.15, 0.2) is 60.7 Å². The minimum atomic E-state index is 0.611. The van der Waals surface area contributed by atoms with Crippen LogP contribution in [0, 0.1) is 0 Å². The second kappa shape index (κ2) is 10.6. The van der Waals surface area contributed by atoms with Crippen LogP contribution in [0.4, 0.5) is 0 Å². The van der Waals surface area contributed by atoms with Crippen LogP contribution in [0.5, 0.6) is 11.5 Å². The van der Waals surface area contributed by atoms with Gasteiger partial charge in [-0.3, -0.25) is 9.80 Å². The monoisotopic (exact) mass is 464 g/mol. The molecule has 2 radical (unpaired) electrons. The molecule has 6 rings (SSSR count). The molecular weight excluding hydrogens is 434 g/mol. The largest absolute Gasteiger partial charge is 0.458 e. The molecular formula is C28H30B2N2O3. The van der Waals surface area contributed by atoms with E-state index in [9.17, 15) is 0 Å². The quantitative estimate of drug-likeness (QED) is 0.334. The van der Waals surface area contributed by atoms with E-state index < -0.39 is 0 Å². The van der Waals surface area contributed by atoms with Crippen molar-refractivity contribution in [2.45, 2.75) is 25.7 Å². The fourth-order valence-corrected chi connectivity index (χ4v) is 5.32. The molecule has 0 N–H and O–H groups in total. The Morgan fingerprint density at radius 3 is 2.00 bits per heavy atom. The Morgan fingerprint density at radius 2 is 1.29 bits per heavy atom. The number of likely N-dealkylation sites (tertiary alicyclic amines) is 2. The Morgan fingerprint density at radius 1 is 0.629 bits per heavy atom. The van der Waals surface area contributed by atoms with Crippen LogP contribution in [-0.2, 0) is 9.31 Å². The minimum Gasteiger partial charge on any atom is -0.458 e. The molecule has 2 aliphatic heterocycles. The van der Waals surface area contributed by atoms with Crippen LogP contribution >= 0.6 is 0 Å². The van der Waals surface area contributed by atoms with Gasteiger partial charge in [0, 0.05) is 26.2 Å². The topological polar surface area (TPSA) is 34.2 Å². The number of nitrogens with zero attached hydrogens (tertiary/aromatic N) is 2. The fourth-order valence-electron chi connectivity index (χ4n) is 5.32. The van der Waals surface area contributed by atoms with Gasteiger partial charge in [-0.1, -0.05) is 42.5 Å². The lowest BCUT2D eigenvalue weighted by atomic mass is 9.65. The minimum absolute atomic E-state index is 0.611. The molecule has 3 aromatic carbocycles. The van der Waals surface area contributed by atoms with Crippen LogP contribution in [0.2, 0.25) is 0 Å². The second-order valence-electron chi connectivity index (χ2n) is 9.56. The van der Waals surface area contributed by atoms with Gasteiger partial charge < -0.3 is 14.0 Å². The smallest absolute Gasteiger partial charge is 0.336 e. The molecule has 2 fully saturated rings. The Hall–Kier alpha value is -2.57. The number of benzene rings is 3. The average Bonchev–Trinajstić information content (AvgIpc) is 3.59. The molecule has 0 unspecified atom stereocenters. The van der Waals surface area contributed by atoms with Gasteiger partial charge in [-0.25, -0.2) is 0 Å². The lowest BCUT2D eigenvalue weighted by molar-refractivity contribution is 0.160. The van der Waals surface area contributed by atoms with Crippen molar-refractivity contribution in [2.75, 3.05) is 39.6 Å². The van der Waals surface area contributed by atoms with E-state index in [1.54, 1.807) is 0 Å². The summed E-state index contributed by atoms with van der Waals surface area (Å²) in [6.45, 7) is 5.74. The molecule has 7 heteroatoms. The van der Waals surface area contributed by atoms with E-state index in [-0.39, 0.29) is 0 Å². The second-order valence-corrected chi connectivity index (χ2v) is 9.56. The van der Waals surface area contributed by atoms with Gasteiger partial charge in [-0.2, -0.15) is 0 Å². The summed E-state index contributed by atoms with van der Waals surface area (Å²) in [7, 11) is 3.81. The maximum absolute atomic E-state index is 6.31. The highest BCUT2D eigenvalue weighted by molar-refractivity contribution is 6.55. The van der Waals surface area contributed by atoms with Crippen LogP contribution in [0.3, 0.4) is 0 Å². The van der Waals surface area contributed by atoms with Gasteiger partial charge >= 0.3 is 15.0 Å². The summed E-state index contributed by atoms with van der Waals surface area (Å²) in [6, 6.07) is 20.6. The number of ether oxygens (including phenoxy) is 1. The Labute approximate surface area is 209 Å². The lowest BCUT2D eigenvalue weighted by Crippen LogP contribution is -2.33. The van der Waals surface area contributed by atoms with Gasteiger partial charge in [-0.05, 0) is 77.1 Å². The van der Waals surface area contributed by atoms with Gasteiger partial charge in [0.15, 0.2) is 0 Å². The van der Waals surface area contributed by atoms with Gasteiger partial charge in [-0.15, -0.1) is 0 Å². The zero-order chi connectivity index (χ0) is 23.5. The van der Waals surface area contributed by atoms with Crippen molar-refractivity contribution >= 4 is 25.9 Å². The molecule has 35 heavy (non-hydrogen) atoms. The van der Waals surface area contributed by atoms with Crippen LogP contribution in [-0.4, -0.2) is 64.4 Å². The molecule has 0 atom stereocenters. The van der Waals surface area contributed by atoms with Crippen molar-refractivity contribution < 1.29 is 14.0 Å². The number of rotatable bonds is 10. The first-order chi connectivity index (χ1) is 17.4. The fraction of sp³-hybridized carbons (Fsp3) is 0.357. The van der Waals surface area contributed by atoms with Crippen LogP contribution < -0.4 is 15.7 Å². The summed E-state index contributed by atoms with van der Waals surface area (Å²) in [4.78, 5) is 4.71. The predicted molar refractivity (Wildman–Crippen MR) is 142 cm³/mol. The molecule has 2 heterocycles. The first-order valence-corrected chi connectivity index (χ1v) is 12.7. The highest BCUT2D eigenvalue weighted by atomic mass is 16.5. The summed E-state index contributed by atoms with van der Waals surface area (Å²) >= 11 is 0. The van der Waals surface area contributed by atoms with Crippen molar-refractivity contribution in [1.82, 2.24) is 9.80 Å². The number of hydrogen-bond donors (Lipinski definition) is 0. The first-order valence-electron chi connectivity index (χ1n) is 12.7. The molecule has 5 nitrogen and oxygen atoms in total. The number of fused-ring (bicyclic) bond motifs is 4. The van der Waals surface area contributed by atoms with Crippen molar-refractivity contribution in [1.29, 1.82) is 0 Å². The molecule has 3 aliphatic rings. The highest BCUT2D eigenvalue weighted by Crippen LogP contribution is 2.46. The van der Waals surface area contributed by atoms with Gasteiger partial charge in [0.1, 0.15) is 11.5 Å². The molecule has 1 aliphatic carbocycles. The van der Waals surface area contributed by atoms with Gasteiger partial charge in [0.2, 0.25) is 0 Å². The predicted octanol–water partition coefficient (Wildman–Crippen LogP) is 3.76. The molecule has 0 saturated carbocycles. The standard InChI is InChI=1S/C28H30B2N2O3/c1-2-9-21(10-3-1)35-25-14-13-23-26-22(27(23)28(25)30-34-20-32-17-6-7-18-32)11-8-12-24(26)29-33-19-31-15-4-5-16-31/h1-3,8-14H,4-7,15-20H2. The van der Waals surface area contributed by atoms with E-state index in [4.69, 9.17) is 14.0 Å². The molecule has 0 spiro atoms. The van der Waals surface area contributed by atoms with Crippen molar-refractivity contribution in [3.8, 4) is 33.8 Å². The van der Waals surface area contributed by atoms with E-state index in [2.05, 4.69) is 40.1 Å². The maximum Gasteiger partial charge on any atom is 0.336 e. The van der Waals surface area contributed by atoms with E-state index in [1.807, 2.05) is 45.3 Å². The van der Waals surface area contributed by atoms with Crippen molar-refractivity contribution in [2.24, 2.45) is 0 Å². The molecule has 0 amide bonds. The maximum atomic E-state index is 6.31. The summed E-state index contributed by atoms with van der Waals surface area (Å²) < 4.78 is 18.4. The Bertz CT molecular complexity index is 1160. The number of para-hydroxylation sites is 1. The third-order valence-electron chi connectivity index (χ3n) is 7.13. The highest BCUT2D eigenvalue weighted by Gasteiger charge is 2.31. The molecule has 0 bridgehead atoms. The van der Waals surface area contributed by atoms with E-state index in [0.29, 0.717) is 13.5 Å². The van der Waals surface area contributed by atoms with Crippen molar-refractivity contribution in [3.05, 3.63) is 60.7 Å². The van der Waals surface area contributed by atoms with E-state index in [0.717, 1.165) is 48.6 Å². The lowest BCUT2D eigenvalue weighted by Gasteiger charge is -2.30.